The molecular weight excluding hydrogens is 360 g/mol. The van der Waals surface area contributed by atoms with Gasteiger partial charge < -0.3 is 0 Å². The van der Waals surface area contributed by atoms with Crippen LogP contribution in [0.5, 0.6) is 0 Å². The van der Waals surface area contributed by atoms with Crippen LogP contribution < -0.4 is 5.32 Å². The molecule has 0 aliphatic rings. The number of nitrogens with one attached hydrogen (secondary N) is 1. The number of aromatic nitrogens is 5. The molecule has 2 heterocycles. The van der Waals surface area contributed by atoms with Gasteiger partial charge >= 0.3 is 0 Å². The Bertz CT molecular complexity index is 1090. The molecule has 0 saturated heterocycles. The molecule has 4 aromatic rings. The van der Waals surface area contributed by atoms with Crippen LogP contribution in [0.4, 0.5) is 5.13 Å². The zero-order valence-electron chi connectivity index (χ0n) is 14.7. The smallest absolute Gasteiger partial charge is 0.257 e. The first-order valence-corrected chi connectivity index (χ1v) is 9.11. The molecule has 0 bridgehead atoms. The normalized spacial score (nSPS) is 10.7. The number of carbonyl (C=O) groups is 1. The van der Waals surface area contributed by atoms with Crippen molar-refractivity contribution in [2.45, 2.75) is 13.8 Å². The number of anilines is 1. The summed E-state index contributed by atoms with van der Waals surface area (Å²) >= 11 is 1.46. The van der Waals surface area contributed by atoms with E-state index in [9.17, 15) is 4.79 Å². The van der Waals surface area contributed by atoms with Gasteiger partial charge in [-0.3, -0.25) is 10.1 Å². The number of benzene rings is 2. The van der Waals surface area contributed by atoms with E-state index in [0.29, 0.717) is 16.4 Å². The number of amides is 1. The summed E-state index contributed by atoms with van der Waals surface area (Å²) in [5, 5.41) is 14.5. The fourth-order valence-corrected chi connectivity index (χ4v) is 3.50. The molecule has 1 amide bonds. The first-order chi connectivity index (χ1) is 13.1. The van der Waals surface area contributed by atoms with Gasteiger partial charge in [0.05, 0.1) is 11.4 Å². The van der Waals surface area contributed by atoms with Crippen molar-refractivity contribution in [2.75, 3.05) is 5.32 Å². The molecule has 2 aromatic heterocycles. The molecule has 134 valence electrons. The van der Waals surface area contributed by atoms with Gasteiger partial charge in [-0.1, -0.05) is 35.9 Å². The summed E-state index contributed by atoms with van der Waals surface area (Å²) in [6.45, 7) is 4.05. The second kappa shape index (κ2) is 7.08. The maximum absolute atomic E-state index is 12.6. The van der Waals surface area contributed by atoms with Crippen molar-refractivity contribution in [2.24, 2.45) is 0 Å². The van der Waals surface area contributed by atoms with Crippen molar-refractivity contribution in [3.05, 3.63) is 70.9 Å². The van der Waals surface area contributed by atoms with Gasteiger partial charge in [-0.2, -0.15) is 0 Å². The standard InChI is InChI=1S/C19H16N6OS/c1-12-6-8-14(9-7-12)17-13(2)27-19(21-17)22-18(26)15-4-3-5-16(10-15)25-11-20-23-24-25/h3-11H,1-2H3,(H,21,22,26). The van der Waals surface area contributed by atoms with E-state index >= 15 is 0 Å². The summed E-state index contributed by atoms with van der Waals surface area (Å²) in [6, 6.07) is 15.3. The van der Waals surface area contributed by atoms with Crippen LogP contribution in [0.15, 0.2) is 54.9 Å². The van der Waals surface area contributed by atoms with E-state index < -0.39 is 0 Å². The molecule has 0 fully saturated rings. The number of carbonyl (C=O) groups excluding carboxylic acids is 1. The van der Waals surface area contributed by atoms with Crippen LogP contribution in [-0.2, 0) is 0 Å². The summed E-state index contributed by atoms with van der Waals surface area (Å²) in [7, 11) is 0. The van der Waals surface area contributed by atoms with Gasteiger partial charge in [-0.05, 0) is 42.5 Å². The van der Waals surface area contributed by atoms with Crippen LogP contribution in [0.3, 0.4) is 0 Å². The van der Waals surface area contributed by atoms with Gasteiger partial charge in [-0.25, -0.2) is 9.67 Å². The summed E-state index contributed by atoms with van der Waals surface area (Å²) in [6.07, 6.45) is 1.48. The SMILES string of the molecule is Cc1ccc(-c2nc(NC(=O)c3cccc(-n4cnnn4)c3)sc2C)cc1. The Labute approximate surface area is 159 Å². The number of aryl methyl sites for hydroxylation is 2. The average Bonchev–Trinajstić information content (AvgIpc) is 3.33. The van der Waals surface area contributed by atoms with Crippen molar-refractivity contribution >= 4 is 22.4 Å². The molecular formula is C19H16N6OS. The summed E-state index contributed by atoms with van der Waals surface area (Å²) < 4.78 is 1.50. The Morgan fingerprint density at radius 2 is 1.93 bits per heavy atom. The van der Waals surface area contributed by atoms with E-state index in [0.717, 1.165) is 16.1 Å². The molecule has 0 aliphatic carbocycles. The summed E-state index contributed by atoms with van der Waals surface area (Å²) in [5.74, 6) is -0.228. The molecule has 1 N–H and O–H groups in total. The highest BCUT2D eigenvalue weighted by atomic mass is 32.1. The van der Waals surface area contributed by atoms with Gasteiger partial charge in [0, 0.05) is 16.0 Å². The van der Waals surface area contributed by atoms with E-state index in [1.54, 1.807) is 18.2 Å². The fraction of sp³-hybridized carbons (Fsp3) is 0.105. The first kappa shape index (κ1) is 17.0. The van der Waals surface area contributed by atoms with E-state index in [1.807, 2.05) is 32.0 Å². The second-order valence-corrected chi connectivity index (χ2v) is 7.25. The molecule has 2 aromatic carbocycles. The van der Waals surface area contributed by atoms with Crippen molar-refractivity contribution in [1.29, 1.82) is 0 Å². The minimum atomic E-state index is -0.228. The largest absolute Gasteiger partial charge is 0.298 e. The van der Waals surface area contributed by atoms with E-state index in [4.69, 9.17) is 0 Å². The van der Waals surface area contributed by atoms with Crippen LogP contribution in [0, 0.1) is 13.8 Å². The monoisotopic (exact) mass is 376 g/mol. The van der Waals surface area contributed by atoms with Crippen molar-refractivity contribution in [3.8, 4) is 16.9 Å². The third-order valence-corrected chi connectivity index (χ3v) is 4.95. The lowest BCUT2D eigenvalue weighted by molar-refractivity contribution is 0.102. The van der Waals surface area contributed by atoms with Crippen LogP contribution in [0.2, 0.25) is 0 Å². The quantitative estimate of drug-likeness (QED) is 0.587. The number of tetrazole rings is 1. The molecule has 0 radical (unpaired) electrons. The zero-order chi connectivity index (χ0) is 18.8. The Morgan fingerprint density at radius 1 is 1.11 bits per heavy atom. The van der Waals surface area contributed by atoms with Gasteiger partial charge in [0.25, 0.3) is 5.91 Å². The minimum Gasteiger partial charge on any atom is -0.298 e. The predicted octanol–water partition coefficient (Wildman–Crippen LogP) is 3.65. The summed E-state index contributed by atoms with van der Waals surface area (Å²) in [5.41, 5.74) is 4.34. The van der Waals surface area contributed by atoms with Crippen LogP contribution in [0.25, 0.3) is 16.9 Å². The number of hydrogen-bond donors (Lipinski definition) is 1. The Hall–Kier alpha value is -3.39. The molecule has 0 saturated carbocycles. The fourth-order valence-electron chi connectivity index (χ4n) is 2.67. The van der Waals surface area contributed by atoms with Crippen molar-refractivity contribution in [3.63, 3.8) is 0 Å². The average molecular weight is 376 g/mol. The van der Waals surface area contributed by atoms with Gasteiger partial charge in [0.15, 0.2) is 5.13 Å². The van der Waals surface area contributed by atoms with Crippen LogP contribution in [-0.4, -0.2) is 31.1 Å². The lowest BCUT2D eigenvalue weighted by Crippen LogP contribution is -2.12. The molecule has 0 aliphatic heterocycles. The predicted molar refractivity (Wildman–Crippen MR) is 104 cm³/mol. The highest BCUT2D eigenvalue weighted by Gasteiger charge is 2.14. The zero-order valence-corrected chi connectivity index (χ0v) is 15.6. The van der Waals surface area contributed by atoms with E-state index in [-0.39, 0.29) is 5.91 Å². The van der Waals surface area contributed by atoms with Crippen LogP contribution >= 0.6 is 11.3 Å². The number of hydrogen-bond acceptors (Lipinski definition) is 6. The van der Waals surface area contributed by atoms with Gasteiger partial charge in [-0.15, -0.1) is 16.4 Å². The second-order valence-electron chi connectivity index (χ2n) is 6.05. The highest BCUT2D eigenvalue weighted by molar-refractivity contribution is 7.16. The number of thiazole rings is 1. The third-order valence-electron chi connectivity index (χ3n) is 4.06. The van der Waals surface area contributed by atoms with Crippen LogP contribution in [0.1, 0.15) is 20.8 Å². The van der Waals surface area contributed by atoms with Gasteiger partial charge in [0.1, 0.15) is 6.33 Å². The number of nitrogens with zero attached hydrogens (tertiary/aromatic N) is 5. The minimum absolute atomic E-state index is 0.228. The number of rotatable bonds is 4. The molecule has 0 atom stereocenters. The van der Waals surface area contributed by atoms with Gasteiger partial charge in [0.2, 0.25) is 0 Å². The third kappa shape index (κ3) is 3.61. The maximum Gasteiger partial charge on any atom is 0.257 e. The summed E-state index contributed by atoms with van der Waals surface area (Å²) in [4.78, 5) is 18.3. The first-order valence-electron chi connectivity index (χ1n) is 8.29. The Kier molecular flexibility index (Phi) is 4.47. The maximum atomic E-state index is 12.6. The Balaban J connectivity index is 1.56. The lowest BCUT2D eigenvalue weighted by atomic mass is 10.1. The molecule has 8 heteroatoms. The lowest BCUT2D eigenvalue weighted by Gasteiger charge is -2.04. The van der Waals surface area contributed by atoms with E-state index in [1.165, 1.54) is 27.9 Å². The topological polar surface area (TPSA) is 85.6 Å². The van der Waals surface area contributed by atoms with Crippen molar-refractivity contribution in [1.82, 2.24) is 25.2 Å². The molecule has 0 spiro atoms. The molecule has 0 unspecified atom stereocenters. The highest BCUT2D eigenvalue weighted by Crippen LogP contribution is 2.30. The molecule has 7 nitrogen and oxygen atoms in total. The molecule has 4 rings (SSSR count). The Morgan fingerprint density at radius 3 is 2.67 bits per heavy atom. The molecule has 27 heavy (non-hydrogen) atoms. The van der Waals surface area contributed by atoms with E-state index in [2.05, 4.69) is 38.0 Å². The van der Waals surface area contributed by atoms with Crippen molar-refractivity contribution < 1.29 is 4.79 Å².